The SMILES string of the molecule is CNC1COCC1C(=O)Nc1ccc(S(C)(=O)=O)nc1. The number of nitrogens with one attached hydrogen (secondary N) is 2. The highest BCUT2D eigenvalue weighted by Gasteiger charge is 2.32. The lowest BCUT2D eigenvalue weighted by Gasteiger charge is -2.16. The molecule has 0 aromatic carbocycles. The number of sulfone groups is 1. The van der Waals surface area contributed by atoms with Gasteiger partial charge in [-0.25, -0.2) is 13.4 Å². The minimum absolute atomic E-state index is 0.0155. The molecule has 0 saturated carbocycles. The van der Waals surface area contributed by atoms with Gasteiger partial charge < -0.3 is 15.4 Å². The molecule has 2 atom stereocenters. The first kappa shape index (κ1) is 14.9. The van der Waals surface area contributed by atoms with Gasteiger partial charge in [0.2, 0.25) is 5.91 Å². The van der Waals surface area contributed by atoms with Crippen molar-refractivity contribution in [3.8, 4) is 0 Å². The molecule has 2 unspecified atom stereocenters. The Hall–Kier alpha value is -1.51. The Labute approximate surface area is 117 Å². The molecule has 2 N–H and O–H groups in total. The van der Waals surface area contributed by atoms with Crippen LogP contribution in [0.15, 0.2) is 23.4 Å². The molecule has 1 aromatic rings. The van der Waals surface area contributed by atoms with Gasteiger partial charge in [0.05, 0.1) is 31.0 Å². The third-order valence-corrected chi connectivity index (χ3v) is 4.17. The maximum absolute atomic E-state index is 12.1. The van der Waals surface area contributed by atoms with Crippen molar-refractivity contribution in [2.45, 2.75) is 11.1 Å². The summed E-state index contributed by atoms with van der Waals surface area (Å²) in [6, 6.07) is 2.87. The Balaban J connectivity index is 2.05. The summed E-state index contributed by atoms with van der Waals surface area (Å²) in [6.07, 6.45) is 2.42. The normalized spacial score (nSPS) is 22.7. The van der Waals surface area contributed by atoms with Crippen LogP contribution in [0.2, 0.25) is 0 Å². The van der Waals surface area contributed by atoms with Crippen LogP contribution in [0.25, 0.3) is 0 Å². The van der Waals surface area contributed by atoms with Crippen molar-refractivity contribution in [1.29, 1.82) is 0 Å². The molecule has 0 bridgehead atoms. The number of carbonyl (C=O) groups is 1. The Morgan fingerprint density at radius 1 is 1.40 bits per heavy atom. The van der Waals surface area contributed by atoms with Gasteiger partial charge in [0.25, 0.3) is 0 Å². The third-order valence-electron chi connectivity index (χ3n) is 3.17. The second kappa shape index (κ2) is 5.86. The Morgan fingerprint density at radius 3 is 2.70 bits per heavy atom. The van der Waals surface area contributed by atoms with E-state index in [1.165, 1.54) is 18.3 Å². The van der Waals surface area contributed by atoms with Crippen LogP contribution in [0, 0.1) is 5.92 Å². The van der Waals surface area contributed by atoms with Crippen LogP contribution >= 0.6 is 0 Å². The molecule has 1 fully saturated rings. The van der Waals surface area contributed by atoms with Crippen LogP contribution in [-0.4, -0.2) is 51.9 Å². The van der Waals surface area contributed by atoms with E-state index in [1.807, 2.05) is 0 Å². The van der Waals surface area contributed by atoms with Gasteiger partial charge in [-0.3, -0.25) is 4.79 Å². The molecular weight excluding hydrogens is 282 g/mol. The molecule has 110 valence electrons. The van der Waals surface area contributed by atoms with Crippen molar-refractivity contribution in [3.63, 3.8) is 0 Å². The number of hydrogen-bond acceptors (Lipinski definition) is 6. The molecule has 2 heterocycles. The van der Waals surface area contributed by atoms with Crippen molar-refractivity contribution in [2.75, 3.05) is 31.8 Å². The van der Waals surface area contributed by atoms with Crippen molar-refractivity contribution < 1.29 is 17.9 Å². The second-order valence-electron chi connectivity index (χ2n) is 4.69. The van der Waals surface area contributed by atoms with Crippen molar-refractivity contribution >= 4 is 21.4 Å². The number of anilines is 1. The van der Waals surface area contributed by atoms with Gasteiger partial charge in [-0.2, -0.15) is 0 Å². The zero-order valence-electron chi connectivity index (χ0n) is 11.3. The summed E-state index contributed by atoms with van der Waals surface area (Å²) < 4.78 is 27.8. The lowest BCUT2D eigenvalue weighted by atomic mass is 10.0. The van der Waals surface area contributed by atoms with E-state index in [4.69, 9.17) is 4.74 Å². The van der Waals surface area contributed by atoms with E-state index in [0.717, 1.165) is 6.26 Å². The largest absolute Gasteiger partial charge is 0.379 e. The Morgan fingerprint density at radius 2 is 2.15 bits per heavy atom. The molecule has 1 aliphatic rings. The summed E-state index contributed by atoms with van der Waals surface area (Å²) in [5.41, 5.74) is 0.462. The lowest BCUT2D eigenvalue weighted by molar-refractivity contribution is -0.120. The van der Waals surface area contributed by atoms with E-state index in [9.17, 15) is 13.2 Å². The topological polar surface area (TPSA) is 97.4 Å². The molecule has 7 nitrogen and oxygen atoms in total. The van der Waals surface area contributed by atoms with E-state index in [-0.39, 0.29) is 22.9 Å². The molecule has 0 radical (unpaired) electrons. The fraction of sp³-hybridized carbons (Fsp3) is 0.500. The van der Waals surface area contributed by atoms with Gasteiger partial charge in [0, 0.05) is 12.3 Å². The average Bonchev–Trinajstić information content (AvgIpc) is 2.86. The number of amides is 1. The highest BCUT2D eigenvalue weighted by Crippen LogP contribution is 2.17. The monoisotopic (exact) mass is 299 g/mol. The summed E-state index contributed by atoms with van der Waals surface area (Å²) in [4.78, 5) is 15.9. The first-order chi connectivity index (χ1) is 9.41. The lowest BCUT2D eigenvalue weighted by Crippen LogP contribution is -2.39. The van der Waals surface area contributed by atoms with Crippen LogP contribution in [0.5, 0.6) is 0 Å². The standard InChI is InChI=1S/C12H17N3O4S/c1-13-10-7-19-6-9(10)12(16)15-8-3-4-11(14-5-8)20(2,17)18/h3-5,9-10,13H,6-7H2,1-2H3,(H,15,16). The van der Waals surface area contributed by atoms with E-state index >= 15 is 0 Å². The van der Waals surface area contributed by atoms with Gasteiger partial charge in [0.1, 0.15) is 0 Å². The fourth-order valence-electron chi connectivity index (χ4n) is 2.01. The van der Waals surface area contributed by atoms with E-state index in [2.05, 4.69) is 15.6 Å². The summed E-state index contributed by atoms with van der Waals surface area (Å²) in [5, 5.41) is 5.72. The number of nitrogens with zero attached hydrogens (tertiary/aromatic N) is 1. The maximum Gasteiger partial charge on any atom is 0.231 e. The van der Waals surface area contributed by atoms with Crippen LogP contribution in [-0.2, 0) is 19.4 Å². The predicted octanol–water partition coefficient (Wildman–Crippen LogP) is -0.342. The summed E-state index contributed by atoms with van der Waals surface area (Å²) >= 11 is 0. The first-order valence-electron chi connectivity index (χ1n) is 6.14. The van der Waals surface area contributed by atoms with E-state index in [1.54, 1.807) is 7.05 Å². The van der Waals surface area contributed by atoms with Crippen molar-refractivity contribution in [1.82, 2.24) is 10.3 Å². The van der Waals surface area contributed by atoms with E-state index < -0.39 is 9.84 Å². The highest BCUT2D eigenvalue weighted by molar-refractivity contribution is 7.90. The average molecular weight is 299 g/mol. The fourth-order valence-corrected chi connectivity index (χ4v) is 2.57. The maximum atomic E-state index is 12.1. The number of carbonyl (C=O) groups excluding carboxylic acids is 1. The molecule has 20 heavy (non-hydrogen) atoms. The number of aromatic nitrogens is 1. The van der Waals surface area contributed by atoms with Gasteiger partial charge in [-0.15, -0.1) is 0 Å². The predicted molar refractivity (Wildman–Crippen MR) is 73.1 cm³/mol. The Kier molecular flexibility index (Phi) is 4.36. The first-order valence-corrected chi connectivity index (χ1v) is 8.03. The molecule has 8 heteroatoms. The number of pyridine rings is 1. The van der Waals surface area contributed by atoms with Crippen LogP contribution < -0.4 is 10.6 Å². The zero-order valence-corrected chi connectivity index (χ0v) is 12.1. The van der Waals surface area contributed by atoms with Gasteiger partial charge in [0.15, 0.2) is 14.9 Å². The molecule has 0 spiro atoms. The minimum Gasteiger partial charge on any atom is -0.379 e. The highest BCUT2D eigenvalue weighted by atomic mass is 32.2. The molecule has 1 saturated heterocycles. The minimum atomic E-state index is -3.33. The third kappa shape index (κ3) is 3.33. The summed E-state index contributed by atoms with van der Waals surface area (Å²) in [6.45, 7) is 0.867. The molecule has 0 aliphatic carbocycles. The smallest absolute Gasteiger partial charge is 0.231 e. The van der Waals surface area contributed by atoms with Gasteiger partial charge in [-0.1, -0.05) is 0 Å². The van der Waals surface area contributed by atoms with Crippen molar-refractivity contribution in [2.24, 2.45) is 5.92 Å². The number of rotatable bonds is 4. The van der Waals surface area contributed by atoms with Crippen LogP contribution in [0.4, 0.5) is 5.69 Å². The summed E-state index contributed by atoms with van der Waals surface area (Å²) in [7, 11) is -1.55. The van der Waals surface area contributed by atoms with Crippen LogP contribution in [0.3, 0.4) is 0 Å². The van der Waals surface area contributed by atoms with Gasteiger partial charge >= 0.3 is 0 Å². The Bertz CT molecular complexity index is 585. The molecule has 1 amide bonds. The van der Waals surface area contributed by atoms with Crippen LogP contribution in [0.1, 0.15) is 0 Å². The summed E-state index contributed by atoms with van der Waals surface area (Å²) in [5.74, 6) is -0.440. The molecular formula is C12H17N3O4S. The number of ether oxygens (including phenoxy) is 1. The molecule has 2 rings (SSSR count). The van der Waals surface area contributed by atoms with Crippen molar-refractivity contribution in [3.05, 3.63) is 18.3 Å². The quantitative estimate of drug-likeness (QED) is 0.789. The van der Waals surface area contributed by atoms with Gasteiger partial charge in [-0.05, 0) is 19.2 Å². The second-order valence-corrected chi connectivity index (χ2v) is 6.65. The number of hydrogen-bond donors (Lipinski definition) is 2. The molecule has 1 aromatic heterocycles. The van der Waals surface area contributed by atoms with E-state index in [0.29, 0.717) is 18.9 Å². The molecule has 1 aliphatic heterocycles. The number of likely N-dealkylation sites (N-methyl/N-ethyl adjacent to an activating group) is 1. The zero-order chi connectivity index (χ0) is 14.8.